The van der Waals surface area contributed by atoms with E-state index in [0.29, 0.717) is 65.3 Å². The first-order valence-corrected chi connectivity index (χ1v) is 8.16. The van der Waals surface area contributed by atoms with Crippen molar-refractivity contribution in [2.75, 3.05) is 52.5 Å². The van der Waals surface area contributed by atoms with Crippen molar-refractivity contribution in [3.63, 3.8) is 0 Å². The third kappa shape index (κ3) is 2.98. The van der Waals surface area contributed by atoms with Crippen molar-refractivity contribution >= 4 is 11.8 Å². The predicted octanol–water partition coefficient (Wildman–Crippen LogP) is -1.19. The number of nitrogens with zero attached hydrogens (tertiary/aromatic N) is 2. The van der Waals surface area contributed by atoms with Crippen LogP contribution in [0.5, 0.6) is 0 Å². The fourth-order valence-electron chi connectivity index (χ4n) is 3.77. The standard InChI is InChI=1S/C15H25N3O4/c19-12-2-5-17(10-13(20)18-6-8-22-9-7-18)11-15(12)3-1-4-16-14(15)21/h12,19H,1-11H2,(H,16,21)/t12-,15+/m0/s1. The first-order valence-electron chi connectivity index (χ1n) is 8.16. The van der Waals surface area contributed by atoms with Crippen LogP contribution in [0.15, 0.2) is 0 Å². The predicted molar refractivity (Wildman–Crippen MR) is 79.1 cm³/mol. The SMILES string of the molecule is O=C(CN1CC[C@H](O)[C@@]2(CCCNC2=O)C1)N1CCOCC1. The Kier molecular flexibility index (Phi) is 4.65. The third-order valence-corrected chi connectivity index (χ3v) is 5.12. The van der Waals surface area contributed by atoms with Crippen molar-refractivity contribution < 1.29 is 19.4 Å². The van der Waals surface area contributed by atoms with Gasteiger partial charge in [0, 0.05) is 32.7 Å². The van der Waals surface area contributed by atoms with Crippen molar-refractivity contribution in [2.45, 2.75) is 25.4 Å². The molecule has 3 rings (SSSR count). The second-order valence-electron chi connectivity index (χ2n) is 6.52. The van der Waals surface area contributed by atoms with E-state index >= 15 is 0 Å². The molecule has 2 atom stereocenters. The number of aliphatic hydroxyl groups excluding tert-OH is 1. The number of hydrogen-bond donors (Lipinski definition) is 2. The maximum absolute atomic E-state index is 12.4. The van der Waals surface area contributed by atoms with Crippen LogP contribution in [0.4, 0.5) is 0 Å². The van der Waals surface area contributed by atoms with E-state index in [0.717, 1.165) is 6.42 Å². The van der Waals surface area contributed by atoms with Crippen LogP contribution in [-0.2, 0) is 14.3 Å². The number of rotatable bonds is 2. The molecule has 0 unspecified atom stereocenters. The highest BCUT2D eigenvalue weighted by molar-refractivity contribution is 5.84. The summed E-state index contributed by atoms with van der Waals surface area (Å²) in [5, 5.41) is 13.2. The summed E-state index contributed by atoms with van der Waals surface area (Å²) in [4.78, 5) is 28.5. The number of nitrogens with one attached hydrogen (secondary N) is 1. The second-order valence-corrected chi connectivity index (χ2v) is 6.52. The van der Waals surface area contributed by atoms with Crippen LogP contribution in [-0.4, -0.2) is 85.3 Å². The van der Waals surface area contributed by atoms with E-state index in [-0.39, 0.29) is 11.8 Å². The molecule has 0 aliphatic carbocycles. The Bertz CT molecular complexity index is 439. The van der Waals surface area contributed by atoms with Crippen molar-refractivity contribution in [1.29, 1.82) is 0 Å². The number of carbonyl (C=O) groups excluding carboxylic acids is 2. The Hall–Kier alpha value is -1.18. The summed E-state index contributed by atoms with van der Waals surface area (Å²) >= 11 is 0. The molecule has 3 saturated heterocycles. The van der Waals surface area contributed by atoms with Crippen LogP contribution < -0.4 is 5.32 Å². The molecule has 2 N–H and O–H groups in total. The number of carbonyl (C=O) groups is 2. The minimum atomic E-state index is -0.734. The second kappa shape index (κ2) is 6.52. The first kappa shape index (κ1) is 15.7. The zero-order valence-corrected chi connectivity index (χ0v) is 12.9. The van der Waals surface area contributed by atoms with Gasteiger partial charge in [0.2, 0.25) is 11.8 Å². The zero-order chi connectivity index (χ0) is 15.6. The Labute approximate surface area is 130 Å². The third-order valence-electron chi connectivity index (χ3n) is 5.12. The Balaban J connectivity index is 1.62. The van der Waals surface area contributed by atoms with Gasteiger partial charge in [0.1, 0.15) is 0 Å². The van der Waals surface area contributed by atoms with Crippen molar-refractivity contribution in [3.05, 3.63) is 0 Å². The van der Waals surface area contributed by atoms with Gasteiger partial charge in [-0.2, -0.15) is 0 Å². The summed E-state index contributed by atoms with van der Waals surface area (Å²) in [6.45, 7) is 4.60. The average molecular weight is 311 g/mol. The maximum atomic E-state index is 12.4. The Morgan fingerprint density at radius 3 is 2.86 bits per heavy atom. The van der Waals surface area contributed by atoms with Gasteiger partial charge >= 0.3 is 0 Å². The van der Waals surface area contributed by atoms with E-state index in [1.165, 1.54) is 0 Å². The summed E-state index contributed by atoms with van der Waals surface area (Å²) in [7, 11) is 0. The van der Waals surface area contributed by atoms with Crippen molar-refractivity contribution in [3.8, 4) is 0 Å². The van der Waals surface area contributed by atoms with Crippen LogP contribution in [0.2, 0.25) is 0 Å². The van der Waals surface area contributed by atoms with Gasteiger partial charge in [0.15, 0.2) is 0 Å². The minimum Gasteiger partial charge on any atom is -0.392 e. The van der Waals surface area contributed by atoms with Crippen LogP contribution in [0.1, 0.15) is 19.3 Å². The van der Waals surface area contributed by atoms with Gasteiger partial charge < -0.3 is 20.1 Å². The molecule has 0 aromatic heterocycles. The number of piperidine rings is 2. The monoisotopic (exact) mass is 311 g/mol. The molecule has 0 bridgehead atoms. The van der Waals surface area contributed by atoms with Crippen LogP contribution >= 0.6 is 0 Å². The van der Waals surface area contributed by atoms with Crippen LogP contribution in [0.3, 0.4) is 0 Å². The zero-order valence-electron chi connectivity index (χ0n) is 12.9. The van der Waals surface area contributed by atoms with E-state index in [4.69, 9.17) is 4.74 Å². The van der Waals surface area contributed by atoms with Gasteiger partial charge in [-0.3, -0.25) is 14.5 Å². The number of ether oxygens (including phenoxy) is 1. The van der Waals surface area contributed by atoms with Gasteiger partial charge in [-0.15, -0.1) is 0 Å². The molecule has 2 amide bonds. The Morgan fingerprint density at radius 1 is 1.36 bits per heavy atom. The molecule has 3 fully saturated rings. The van der Waals surface area contributed by atoms with E-state index < -0.39 is 11.5 Å². The molecule has 3 aliphatic rings. The normalized spacial score (nSPS) is 33.8. The molecule has 0 aromatic carbocycles. The highest BCUT2D eigenvalue weighted by Gasteiger charge is 2.49. The van der Waals surface area contributed by atoms with Crippen molar-refractivity contribution in [2.24, 2.45) is 5.41 Å². The van der Waals surface area contributed by atoms with E-state index in [9.17, 15) is 14.7 Å². The molecule has 3 heterocycles. The lowest BCUT2D eigenvalue weighted by molar-refractivity contribution is -0.152. The van der Waals surface area contributed by atoms with Gasteiger partial charge in [0.25, 0.3) is 0 Å². The Morgan fingerprint density at radius 2 is 2.14 bits per heavy atom. The summed E-state index contributed by atoms with van der Waals surface area (Å²) in [5.74, 6) is 0.0285. The van der Waals surface area contributed by atoms with Crippen LogP contribution in [0.25, 0.3) is 0 Å². The van der Waals surface area contributed by atoms with Gasteiger partial charge in [-0.25, -0.2) is 0 Å². The lowest BCUT2D eigenvalue weighted by atomic mass is 9.71. The largest absolute Gasteiger partial charge is 0.392 e. The first-order chi connectivity index (χ1) is 10.6. The molecule has 22 heavy (non-hydrogen) atoms. The van der Waals surface area contributed by atoms with Gasteiger partial charge in [-0.05, 0) is 19.3 Å². The molecule has 0 saturated carbocycles. The van der Waals surface area contributed by atoms with Gasteiger partial charge in [0.05, 0.1) is 31.3 Å². The van der Waals surface area contributed by atoms with E-state index in [1.807, 2.05) is 9.80 Å². The molecule has 0 radical (unpaired) electrons. The van der Waals surface area contributed by atoms with E-state index in [2.05, 4.69) is 5.32 Å². The molecular weight excluding hydrogens is 286 g/mol. The average Bonchev–Trinajstić information content (AvgIpc) is 2.54. The summed E-state index contributed by atoms with van der Waals surface area (Å²) < 4.78 is 5.26. The molecular formula is C15H25N3O4. The van der Waals surface area contributed by atoms with Crippen LogP contribution in [0, 0.1) is 5.41 Å². The topological polar surface area (TPSA) is 82.1 Å². The smallest absolute Gasteiger partial charge is 0.236 e. The molecule has 3 aliphatic heterocycles. The van der Waals surface area contributed by atoms with Gasteiger partial charge in [-0.1, -0.05) is 0 Å². The number of aliphatic hydroxyl groups is 1. The quantitative estimate of drug-likeness (QED) is 0.670. The minimum absolute atomic E-state index is 0.0604. The lowest BCUT2D eigenvalue weighted by Crippen LogP contribution is -2.62. The highest BCUT2D eigenvalue weighted by atomic mass is 16.5. The fraction of sp³-hybridized carbons (Fsp3) is 0.867. The molecule has 7 nitrogen and oxygen atoms in total. The summed E-state index contributed by atoms with van der Waals surface area (Å²) in [6.07, 6.45) is 1.52. The van der Waals surface area contributed by atoms with E-state index in [1.54, 1.807) is 0 Å². The molecule has 1 spiro atoms. The fourth-order valence-corrected chi connectivity index (χ4v) is 3.77. The molecule has 0 aromatic rings. The lowest BCUT2D eigenvalue weighted by Gasteiger charge is -2.47. The maximum Gasteiger partial charge on any atom is 0.236 e. The number of hydrogen-bond acceptors (Lipinski definition) is 5. The number of likely N-dealkylation sites (tertiary alicyclic amines) is 1. The van der Waals surface area contributed by atoms with Crippen molar-refractivity contribution in [1.82, 2.24) is 15.1 Å². The number of morpholine rings is 1. The molecule has 7 heteroatoms. The molecule has 124 valence electrons. The number of amides is 2. The summed E-state index contributed by atoms with van der Waals surface area (Å²) in [6, 6.07) is 0. The highest BCUT2D eigenvalue weighted by Crippen LogP contribution is 2.37. The summed E-state index contributed by atoms with van der Waals surface area (Å²) in [5.41, 5.74) is -0.734.